The summed E-state index contributed by atoms with van der Waals surface area (Å²) in [5.41, 5.74) is 0.901. The Bertz CT molecular complexity index is 796. The molecule has 2 amide bonds. The minimum Gasteiger partial charge on any atom is -0.353 e. The normalized spacial score (nSPS) is 16.7. The van der Waals surface area contributed by atoms with Crippen LogP contribution in [0.2, 0.25) is 0 Å². The van der Waals surface area contributed by atoms with Crippen molar-refractivity contribution in [3.63, 3.8) is 0 Å². The topological polar surface area (TPSA) is 58.2 Å². The van der Waals surface area contributed by atoms with Gasteiger partial charge in [0.15, 0.2) is 0 Å². The predicted molar refractivity (Wildman–Crippen MR) is 110 cm³/mol. The molecule has 3 rings (SSSR count). The summed E-state index contributed by atoms with van der Waals surface area (Å²) in [6.07, 6.45) is 4.12. The molecule has 0 saturated heterocycles. The van der Waals surface area contributed by atoms with E-state index in [9.17, 15) is 14.0 Å². The Balaban J connectivity index is 1.68. The molecule has 0 bridgehead atoms. The Morgan fingerprint density at radius 1 is 1.14 bits per heavy atom. The third-order valence-corrected chi connectivity index (χ3v) is 6.47. The highest BCUT2D eigenvalue weighted by atomic mass is 32.1. The van der Waals surface area contributed by atoms with E-state index in [1.54, 1.807) is 6.07 Å². The van der Waals surface area contributed by atoms with Gasteiger partial charge in [0.25, 0.3) is 5.91 Å². The monoisotopic (exact) mass is 402 g/mol. The van der Waals surface area contributed by atoms with Gasteiger partial charge in [0.05, 0.1) is 4.88 Å². The van der Waals surface area contributed by atoms with Crippen molar-refractivity contribution < 1.29 is 14.0 Å². The largest absolute Gasteiger partial charge is 0.353 e. The summed E-state index contributed by atoms with van der Waals surface area (Å²) < 4.78 is 13.3. The molecule has 28 heavy (non-hydrogen) atoms. The Morgan fingerprint density at radius 3 is 2.39 bits per heavy atom. The van der Waals surface area contributed by atoms with Crippen LogP contribution < -0.4 is 10.6 Å². The third-order valence-electron chi connectivity index (χ3n) is 5.60. The molecule has 1 atom stereocenters. The fourth-order valence-corrected chi connectivity index (χ4v) is 4.57. The number of rotatable bonds is 7. The van der Waals surface area contributed by atoms with Crippen LogP contribution in [0.5, 0.6) is 0 Å². The van der Waals surface area contributed by atoms with Gasteiger partial charge in [-0.1, -0.05) is 44.9 Å². The Kier molecular flexibility index (Phi) is 6.50. The molecule has 1 fully saturated rings. The first kappa shape index (κ1) is 20.5. The molecular formula is C22H27FN2O2S. The van der Waals surface area contributed by atoms with Gasteiger partial charge >= 0.3 is 0 Å². The number of benzene rings is 1. The summed E-state index contributed by atoms with van der Waals surface area (Å²) in [4.78, 5) is 25.9. The lowest BCUT2D eigenvalue weighted by Crippen LogP contribution is -2.52. The highest BCUT2D eigenvalue weighted by Crippen LogP contribution is 2.40. The summed E-state index contributed by atoms with van der Waals surface area (Å²) in [6.45, 7) is 4.34. The zero-order chi connectivity index (χ0) is 20.1. The van der Waals surface area contributed by atoms with Gasteiger partial charge in [0, 0.05) is 12.0 Å². The fraction of sp³-hybridized carbons (Fsp3) is 0.455. The number of halogens is 1. The molecule has 1 aromatic carbocycles. The number of amides is 2. The molecule has 1 saturated carbocycles. The van der Waals surface area contributed by atoms with Gasteiger partial charge in [0.2, 0.25) is 5.91 Å². The molecule has 1 aliphatic carbocycles. The maximum atomic E-state index is 13.3. The first-order valence-corrected chi connectivity index (χ1v) is 10.7. The van der Waals surface area contributed by atoms with Crippen LogP contribution in [-0.2, 0) is 10.2 Å². The highest BCUT2D eigenvalue weighted by molar-refractivity contribution is 7.12. The molecule has 6 heteroatoms. The fourth-order valence-electron chi connectivity index (χ4n) is 3.94. The number of thiophene rings is 1. The van der Waals surface area contributed by atoms with Gasteiger partial charge in [-0.15, -0.1) is 11.3 Å². The summed E-state index contributed by atoms with van der Waals surface area (Å²) in [7, 11) is 0. The lowest BCUT2D eigenvalue weighted by Gasteiger charge is -2.31. The van der Waals surface area contributed by atoms with Gasteiger partial charge < -0.3 is 10.6 Å². The lowest BCUT2D eigenvalue weighted by atomic mass is 9.78. The SMILES string of the molecule is CC(C)C(NC(=O)c1cccs1)C(=O)NCC1(c2ccc(F)cc2)CCCC1. The van der Waals surface area contributed by atoms with E-state index >= 15 is 0 Å². The van der Waals surface area contributed by atoms with Crippen molar-refractivity contribution in [1.29, 1.82) is 0 Å². The van der Waals surface area contributed by atoms with Gasteiger partial charge in [-0.25, -0.2) is 4.39 Å². The van der Waals surface area contributed by atoms with E-state index in [4.69, 9.17) is 0 Å². The number of hydrogen-bond acceptors (Lipinski definition) is 3. The van der Waals surface area contributed by atoms with E-state index in [-0.39, 0.29) is 29.0 Å². The van der Waals surface area contributed by atoms with E-state index in [1.807, 2.05) is 37.4 Å². The van der Waals surface area contributed by atoms with Crippen molar-refractivity contribution in [2.75, 3.05) is 6.54 Å². The maximum absolute atomic E-state index is 13.3. The Morgan fingerprint density at radius 2 is 1.82 bits per heavy atom. The number of nitrogens with one attached hydrogen (secondary N) is 2. The number of carbonyl (C=O) groups excluding carboxylic acids is 2. The van der Waals surface area contributed by atoms with E-state index in [2.05, 4.69) is 10.6 Å². The average Bonchev–Trinajstić information content (AvgIpc) is 3.37. The van der Waals surface area contributed by atoms with Gasteiger partial charge in [-0.2, -0.15) is 0 Å². The quantitative estimate of drug-likeness (QED) is 0.727. The molecule has 2 aromatic rings. The molecule has 1 heterocycles. The zero-order valence-electron chi connectivity index (χ0n) is 16.3. The standard InChI is InChI=1S/C22H27FN2O2S/c1-15(2)19(25-20(26)18-6-5-13-28-18)21(27)24-14-22(11-3-4-12-22)16-7-9-17(23)10-8-16/h5-10,13,15,19H,3-4,11-12,14H2,1-2H3,(H,24,27)(H,25,26). The van der Waals surface area contributed by atoms with Crippen molar-refractivity contribution in [2.24, 2.45) is 5.92 Å². The zero-order valence-corrected chi connectivity index (χ0v) is 17.2. The van der Waals surface area contributed by atoms with Crippen LogP contribution in [0.3, 0.4) is 0 Å². The Hall–Kier alpha value is -2.21. The van der Waals surface area contributed by atoms with E-state index in [0.29, 0.717) is 11.4 Å². The molecule has 0 radical (unpaired) electrons. The van der Waals surface area contributed by atoms with E-state index in [0.717, 1.165) is 31.2 Å². The van der Waals surface area contributed by atoms with Crippen LogP contribution in [0, 0.1) is 11.7 Å². The Labute approximate surface area is 169 Å². The van der Waals surface area contributed by atoms with Crippen molar-refractivity contribution in [1.82, 2.24) is 10.6 Å². The smallest absolute Gasteiger partial charge is 0.262 e. The van der Waals surface area contributed by atoms with Gasteiger partial charge in [0.1, 0.15) is 11.9 Å². The highest BCUT2D eigenvalue weighted by Gasteiger charge is 2.37. The van der Waals surface area contributed by atoms with E-state index < -0.39 is 6.04 Å². The molecule has 1 unspecified atom stereocenters. The van der Waals surface area contributed by atoms with Crippen molar-refractivity contribution in [2.45, 2.75) is 51.0 Å². The summed E-state index contributed by atoms with van der Waals surface area (Å²) in [6, 6.07) is 9.58. The van der Waals surface area contributed by atoms with Gasteiger partial charge in [-0.3, -0.25) is 9.59 Å². The average molecular weight is 403 g/mol. The van der Waals surface area contributed by atoms with Crippen molar-refractivity contribution >= 4 is 23.2 Å². The lowest BCUT2D eigenvalue weighted by molar-refractivity contribution is -0.124. The first-order chi connectivity index (χ1) is 13.4. The third kappa shape index (κ3) is 4.61. The first-order valence-electron chi connectivity index (χ1n) is 9.79. The van der Waals surface area contributed by atoms with Gasteiger partial charge in [-0.05, 0) is 47.9 Å². The summed E-state index contributed by atoms with van der Waals surface area (Å²) in [5, 5.41) is 7.77. The molecule has 4 nitrogen and oxygen atoms in total. The number of hydrogen-bond donors (Lipinski definition) is 2. The molecule has 150 valence electrons. The van der Waals surface area contributed by atoms with Crippen LogP contribution in [0.25, 0.3) is 0 Å². The number of carbonyl (C=O) groups is 2. The van der Waals surface area contributed by atoms with Crippen LogP contribution in [0.4, 0.5) is 4.39 Å². The van der Waals surface area contributed by atoms with Crippen LogP contribution >= 0.6 is 11.3 Å². The second kappa shape index (κ2) is 8.86. The van der Waals surface area contributed by atoms with Crippen LogP contribution in [-0.4, -0.2) is 24.4 Å². The molecule has 0 aliphatic heterocycles. The predicted octanol–water partition coefficient (Wildman–Crippen LogP) is 4.27. The summed E-state index contributed by atoms with van der Waals surface area (Å²) in [5.74, 6) is -0.683. The second-order valence-corrected chi connectivity index (χ2v) is 8.83. The van der Waals surface area contributed by atoms with Crippen molar-refractivity contribution in [3.8, 4) is 0 Å². The van der Waals surface area contributed by atoms with Crippen LogP contribution in [0.15, 0.2) is 41.8 Å². The molecular weight excluding hydrogens is 375 g/mol. The van der Waals surface area contributed by atoms with Crippen molar-refractivity contribution in [3.05, 3.63) is 58.0 Å². The van der Waals surface area contributed by atoms with Crippen LogP contribution in [0.1, 0.15) is 54.8 Å². The molecule has 0 spiro atoms. The second-order valence-electron chi connectivity index (χ2n) is 7.88. The minimum atomic E-state index is -0.596. The summed E-state index contributed by atoms with van der Waals surface area (Å²) >= 11 is 1.35. The molecule has 2 N–H and O–H groups in total. The van der Waals surface area contributed by atoms with E-state index in [1.165, 1.54) is 23.5 Å². The molecule has 1 aliphatic rings. The minimum absolute atomic E-state index is 0.0331. The maximum Gasteiger partial charge on any atom is 0.262 e. The molecule has 1 aromatic heterocycles.